The molecule has 1 N–H and O–H groups in total. The predicted molar refractivity (Wildman–Crippen MR) is 149 cm³/mol. The Morgan fingerprint density at radius 2 is 1.70 bits per heavy atom. The van der Waals surface area contributed by atoms with Crippen molar-refractivity contribution >= 4 is 39.0 Å². The van der Waals surface area contributed by atoms with Gasteiger partial charge in [0.1, 0.15) is 5.01 Å². The van der Waals surface area contributed by atoms with Crippen LogP contribution in [0.1, 0.15) is 18.4 Å². The van der Waals surface area contributed by atoms with Gasteiger partial charge in [0.2, 0.25) is 5.91 Å². The summed E-state index contributed by atoms with van der Waals surface area (Å²) in [4.78, 5) is 23.9. The van der Waals surface area contributed by atoms with E-state index in [0.717, 1.165) is 64.8 Å². The third-order valence-electron chi connectivity index (χ3n) is 6.76. The summed E-state index contributed by atoms with van der Waals surface area (Å²) in [5.41, 5.74) is 5.94. The molecule has 6 rings (SSSR count). The first kappa shape index (κ1) is 23.2. The van der Waals surface area contributed by atoms with Crippen LogP contribution >= 0.6 is 11.3 Å². The molecular formula is C29H26N6OS. The number of nitrogens with one attached hydrogen (secondary N) is 1. The van der Waals surface area contributed by atoms with Crippen molar-refractivity contribution in [3.8, 4) is 21.8 Å². The molecule has 0 aliphatic carbocycles. The number of hydrogen-bond donors (Lipinski definition) is 1. The molecule has 3 aromatic heterocycles. The molecule has 0 unspecified atom stereocenters. The molecule has 5 aromatic rings. The topological polar surface area (TPSA) is 83.9 Å². The number of hydrogen-bond acceptors (Lipinski definition) is 7. The van der Waals surface area contributed by atoms with Gasteiger partial charge in [0, 0.05) is 48.2 Å². The highest BCUT2D eigenvalue weighted by atomic mass is 32.1. The second-order valence-corrected chi connectivity index (χ2v) is 10.4. The van der Waals surface area contributed by atoms with Crippen LogP contribution in [0.3, 0.4) is 0 Å². The van der Waals surface area contributed by atoms with E-state index < -0.39 is 0 Å². The number of aryl methyl sites for hydroxylation is 1. The van der Waals surface area contributed by atoms with Crippen LogP contribution in [-0.2, 0) is 4.79 Å². The number of pyridine rings is 1. The van der Waals surface area contributed by atoms with E-state index in [2.05, 4.69) is 50.5 Å². The molecule has 1 amide bonds. The van der Waals surface area contributed by atoms with E-state index in [1.54, 1.807) is 23.7 Å². The van der Waals surface area contributed by atoms with Crippen LogP contribution in [0.2, 0.25) is 0 Å². The van der Waals surface area contributed by atoms with Gasteiger partial charge >= 0.3 is 0 Å². The van der Waals surface area contributed by atoms with Gasteiger partial charge in [0.15, 0.2) is 5.82 Å². The molecule has 0 saturated carbocycles. The van der Waals surface area contributed by atoms with Gasteiger partial charge in [-0.3, -0.25) is 9.78 Å². The number of benzene rings is 2. The first-order chi connectivity index (χ1) is 18.1. The van der Waals surface area contributed by atoms with Gasteiger partial charge in [-0.1, -0.05) is 6.07 Å². The molecule has 1 fully saturated rings. The zero-order valence-electron chi connectivity index (χ0n) is 20.5. The lowest BCUT2D eigenvalue weighted by atomic mass is 9.95. The van der Waals surface area contributed by atoms with Crippen molar-refractivity contribution in [3.05, 3.63) is 84.7 Å². The number of carbonyl (C=O) groups excluding carboxylic acids is 1. The third kappa shape index (κ3) is 5.06. The van der Waals surface area contributed by atoms with Crippen molar-refractivity contribution in [2.45, 2.75) is 19.8 Å². The molecule has 4 heterocycles. The molecule has 0 atom stereocenters. The van der Waals surface area contributed by atoms with Crippen LogP contribution < -0.4 is 10.2 Å². The van der Waals surface area contributed by atoms with Crippen LogP contribution in [0.25, 0.3) is 32.0 Å². The lowest BCUT2D eigenvalue weighted by molar-refractivity contribution is -0.120. The molecule has 184 valence electrons. The van der Waals surface area contributed by atoms with Crippen molar-refractivity contribution in [1.29, 1.82) is 0 Å². The van der Waals surface area contributed by atoms with Crippen LogP contribution in [-0.4, -0.2) is 39.2 Å². The molecule has 8 heteroatoms. The Bertz CT molecular complexity index is 1530. The standard InChI is InChI=1S/C29H26N6OS/c1-19-2-7-25-26(18-19)37-29(32-25)22-3-5-23(6-4-22)31-28(36)21-12-16-35(17-13-21)27-9-8-24(33-34-27)20-10-14-30-15-11-20/h2-11,14-15,18,21H,12-13,16-17H2,1H3,(H,31,36). The van der Waals surface area contributed by atoms with Crippen molar-refractivity contribution in [2.75, 3.05) is 23.3 Å². The molecular weight excluding hydrogens is 480 g/mol. The SMILES string of the molecule is Cc1ccc2nc(-c3ccc(NC(=O)C4CCN(c5ccc(-c6ccncc6)nn5)CC4)cc3)sc2c1. The van der Waals surface area contributed by atoms with Crippen molar-refractivity contribution < 1.29 is 4.79 Å². The first-order valence-corrected chi connectivity index (χ1v) is 13.2. The minimum atomic E-state index is -0.0209. The zero-order valence-corrected chi connectivity index (χ0v) is 21.3. The fraction of sp³-hybridized carbons (Fsp3) is 0.207. The maximum atomic E-state index is 12.9. The zero-order chi connectivity index (χ0) is 25.2. The Morgan fingerprint density at radius 1 is 0.919 bits per heavy atom. The van der Waals surface area contributed by atoms with E-state index in [1.165, 1.54) is 10.3 Å². The summed E-state index contributed by atoms with van der Waals surface area (Å²) in [6, 6.07) is 22.1. The van der Waals surface area contributed by atoms with E-state index in [4.69, 9.17) is 4.98 Å². The second kappa shape index (κ2) is 10.1. The highest BCUT2D eigenvalue weighted by Gasteiger charge is 2.26. The second-order valence-electron chi connectivity index (χ2n) is 9.33. The summed E-state index contributed by atoms with van der Waals surface area (Å²) < 4.78 is 1.19. The number of piperidine rings is 1. The van der Waals surface area contributed by atoms with E-state index in [-0.39, 0.29) is 11.8 Å². The van der Waals surface area contributed by atoms with Gasteiger partial charge in [0.25, 0.3) is 0 Å². The van der Waals surface area contributed by atoms with Crippen LogP contribution in [0.4, 0.5) is 11.5 Å². The molecule has 37 heavy (non-hydrogen) atoms. The molecule has 1 aliphatic heterocycles. The number of anilines is 2. The van der Waals surface area contributed by atoms with Gasteiger partial charge in [0.05, 0.1) is 15.9 Å². The quantitative estimate of drug-likeness (QED) is 0.316. The number of fused-ring (bicyclic) bond motifs is 1. The molecule has 0 spiro atoms. The number of carbonyl (C=O) groups is 1. The number of rotatable bonds is 5. The molecule has 1 aliphatic rings. The molecule has 2 aromatic carbocycles. The Morgan fingerprint density at radius 3 is 2.43 bits per heavy atom. The van der Waals surface area contributed by atoms with Crippen LogP contribution in [0.5, 0.6) is 0 Å². The monoisotopic (exact) mass is 506 g/mol. The van der Waals surface area contributed by atoms with E-state index in [0.29, 0.717) is 0 Å². The summed E-state index contributed by atoms with van der Waals surface area (Å²) in [5.74, 6) is 0.895. The molecule has 0 radical (unpaired) electrons. The predicted octanol–water partition coefficient (Wildman–Crippen LogP) is 5.98. The normalized spacial score (nSPS) is 14.1. The Balaban J connectivity index is 1.04. The highest BCUT2D eigenvalue weighted by molar-refractivity contribution is 7.21. The number of amides is 1. The van der Waals surface area contributed by atoms with Crippen molar-refractivity contribution in [1.82, 2.24) is 20.2 Å². The average Bonchev–Trinajstić information content (AvgIpc) is 3.37. The smallest absolute Gasteiger partial charge is 0.227 e. The minimum Gasteiger partial charge on any atom is -0.355 e. The largest absolute Gasteiger partial charge is 0.355 e. The number of thiazole rings is 1. The third-order valence-corrected chi connectivity index (χ3v) is 7.83. The van der Waals surface area contributed by atoms with E-state index >= 15 is 0 Å². The summed E-state index contributed by atoms with van der Waals surface area (Å²) in [6.45, 7) is 3.64. The van der Waals surface area contributed by atoms with Gasteiger partial charge in [-0.15, -0.1) is 21.5 Å². The lowest BCUT2D eigenvalue weighted by Gasteiger charge is -2.31. The number of nitrogens with zero attached hydrogens (tertiary/aromatic N) is 5. The Labute approximate surface area is 219 Å². The maximum absolute atomic E-state index is 12.9. The summed E-state index contributed by atoms with van der Waals surface area (Å²) in [6.07, 6.45) is 5.06. The molecule has 0 bridgehead atoms. The summed E-state index contributed by atoms with van der Waals surface area (Å²) in [7, 11) is 0. The summed E-state index contributed by atoms with van der Waals surface area (Å²) in [5, 5.41) is 12.9. The van der Waals surface area contributed by atoms with Crippen molar-refractivity contribution in [3.63, 3.8) is 0 Å². The first-order valence-electron chi connectivity index (χ1n) is 12.4. The van der Waals surface area contributed by atoms with Crippen molar-refractivity contribution in [2.24, 2.45) is 5.92 Å². The van der Waals surface area contributed by atoms with Gasteiger partial charge < -0.3 is 10.2 Å². The maximum Gasteiger partial charge on any atom is 0.227 e. The van der Waals surface area contributed by atoms with Gasteiger partial charge in [-0.05, 0) is 86.0 Å². The fourth-order valence-corrected chi connectivity index (χ4v) is 5.71. The van der Waals surface area contributed by atoms with E-state index in [1.807, 2.05) is 48.5 Å². The number of aromatic nitrogens is 4. The minimum absolute atomic E-state index is 0.0209. The molecule has 7 nitrogen and oxygen atoms in total. The van der Waals surface area contributed by atoms with E-state index in [9.17, 15) is 4.79 Å². The highest BCUT2D eigenvalue weighted by Crippen LogP contribution is 2.31. The van der Waals surface area contributed by atoms with Gasteiger partial charge in [-0.2, -0.15) is 0 Å². The van der Waals surface area contributed by atoms with Gasteiger partial charge in [-0.25, -0.2) is 4.98 Å². The fourth-order valence-electron chi connectivity index (χ4n) is 4.64. The summed E-state index contributed by atoms with van der Waals surface area (Å²) >= 11 is 1.69. The van der Waals surface area contributed by atoms with Crippen LogP contribution in [0.15, 0.2) is 79.1 Å². The average molecular weight is 507 g/mol. The lowest BCUT2D eigenvalue weighted by Crippen LogP contribution is -2.38. The van der Waals surface area contributed by atoms with Crippen LogP contribution in [0, 0.1) is 12.8 Å². The Kier molecular flexibility index (Phi) is 6.32. The Hall–Kier alpha value is -4.17. The molecule has 1 saturated heterocycles.